The number of hydrogen-bond acceptors (Lipinski definition) is 3. The van der Waals surface area contributed by atoms with Crippen molar-refractivity contribution in [2.45, 2.75) is 234 Å². The summed E-state index contributed by atoms with van der Waals surface area (Å²) in [7, 11) is 0. The molecule has 0 fully saturated rings. The first-order valence-corrected chi connectivity index (χ1v) is 45.1. The summed E-state index contributed by atoms with van der Waals surface area (Å²) in [5.74, 6) is 0. The van der Waals surface area contributed by atoms with E-state index in [0.717, 1.165) is 34.0 Å². The van der Waals surface area contributed by atoms with Crippen LogP contribution in [0.5, 0.6) is 0 Å². The van der Waals surface area contributed by atoms with Gasteiger partial charge in [-0.25, -0.2) is 0 Å². The topological polar surface area (TPSA) is 36.1 Å². The summed E-state index contributed by atoms with van der Waals surface area (Å²) in [5.41, 5.74) is 8.65. The Hall–Kier alpha value is 7.80. The first-order chi connectivity index (χ1) is 22.4. The summed E-state index contributed by atoms with van der Waals surface area (Å²) < 4.78 is 0. The van der Waals surface area contributed by atoms with E-state index in [0.29, 0.717) is 34.0 Å². The molecule has 18 heteroatoms. The molecule has 0 saturated carbocycles. The first kappa shape index (κ1) is 73.4. The van der Waals surface area contributed by atoms with Crippen LogP contribution < -0.4 is 14.6 Å². The third-order valence-electron chi connectivity index (χ3n) is 10.3. The zero-order valence-corrected chi connectivity index (χ0v) is 59.2. The average molecular weight is 1550 g/mol. The molecule has 6 radical (unpaired) electrons. The fourth-order valence-electron chi connectivity index (χ4n) is 5.71. The van der Waals surface area contributed by atoms with Gasteiger partial charge in [0, 0.05) is 67.1 Å². The Bertz CT molecular complexity index is 744. The molecule has 0 amide bonds. The summed E-state index contributed by atoms with van der Waals surface area (Å²) in [6.07, 6.45) is -6.96. The fraction of sp³-hybridized carbons (Fsp3) is 1.00. The minimum atomic E-state index is -1.18. The van der Waals surface area contributed by atoms with Gasteiger partial charge in [-0.05, 0) is 0 Å². The molecule has 3 N–H and O–H groups in total. The zero-order valence-electron chi connectivity index (χ0n) is 38.6. The Kier molecular flexibility index (Phi) is 43.1. The standard InChI is InChI=1S/3C12H30NP2Se2.3Ag/c3*1-9(2)14(16,10(3)4)13-15(17,11(5)6)12(7)8;;;/h3*9-13,16H,1-8H3;;;/q3*+2;;;. The van der Waals surface area contributed by atoms with Crippen LogP contribution in [0.2, 0.25) is 0 Å². The predicted molar refractivity (Wildman–Crippen MR) is 271 cm³/mol. The summed E-state index contributed by atoms with van der Waals surface area (Å²) in [4.78, 5) is 12.4. The van der Waals surface area contributed by atoms with E-state index in [1.54, 1.807) is 0 Å². The zero-order chi connectivity index (χ0) is 42.0. The van der Waals surface area contributed by atoms with E-state index in [9.17, 15) is 0 Å². The molecule has 0 saturated heterocycles. The van der Waals surface area contributed by atoms with Gasteiger partial charge in [0.25, 0.3) is 0 Å². The Morgan fingerprint density at radius 2 is 0.352 bits per heavy atom. The molecule has 0 atom stereocenters. The summed E-state index contributed by atoms with van der Waals surface area (Å²) >= 11 is 19.8. The molecule has 0 aromatic carbocycles. The van der Waals surface area contributed by atoms with Crippen molar-refractivity contribution < 1.29 is 67.1 Å². The quantitative estimate of drug-likeness (QED) is 0.0946. The third kappa shape index (κ3) is 21.6. The van der Waals surface area contributed by atoms with E-state index < -0.39 is 36.6 Å². The molecule has 0 aromatic rings. The van der Waals surface area contributed by atoms with Gasteiger partial charge in [-0.15, -0.1) is 0 Å². The maximum atomic E-state index is 4.14. The van der Waals surface area contributed by atoms with Crippen LogP contribution in [-0.4, -0.2) is 161 Å². The van der Waals surface area contributed by atoms with Crippen LogP contribution in [0.15, 0.2) is 0 Å². The molecule has 342 valence electrons. The van der Waals surface area contributed by atoms with E-state index in [2.05, 4.69) is 274 Å². The average Bonchev–Trinajstić information content (AvgIpc) is 2.95. The first-order valence-electron chi connectivity index (χ1n) is 19.4. The monoisotopic (exact) mass is 1550 g/mol. The van der Waals surface area contributed by atoms with E-state index in [-0.39, 0.29) is 67.1 Å². The normalized spacial score (nSPS) is 13.7. The van der Waals surface area contributed by atoms with Gasteiger partial charge < -0.3 is 0 Å². The van der Waals surface area contributed by atoms with Gasteiger partial charge in [0.15, 0.2) is 0 Å². The number of hydrogen-bond donors (Lipinski definition) is 3. The van der Waals surface area contributed by atoms with Crippen molar-refractivity contribution in [3.8, 4) is 0 Å². The molecule has 0 bridgehead atoms. The fourth-order valence-corrected chi connectivity index (χ4v) is 54.0. The molecular weight excluding hydrogens is 1460 g/mol. The predicted octanol–water partition coefficient (Wildman–Crippen LogP) is 11.9. The minimum absolute atomic E-state index is 0. The molecule has 54 heavy (non-hydrogen) atoms. The number of nitrogens with one attached hydrogen (secondary N) is 3. The Morgan fingerprint density at radius 1 is 0.259 bits per heavy atom. The van der Waals surface area contributed by atoms with E-state index >= 15 is 0 Å². The van der Waals surface area contributed by atoms with Crippen molar-refractivity contribution in [3.63, 3.8) is 0 Å². The van der Waals surface area contributed by atoms with Crippen LogP contribution in [0.4, 0.5) is 0 Å². The maximum Gasteiger partial charge on any atom is 0 e. The smallest absolute Gasteiger partial charge is 0 e. The second-order valence-corrected chi connectivity index (χ2v) is 65.2. The molecule has 0 heterocycles. The van der Waals surface area contributed by atoms with Crippen LogP contribution in [-0.2, 0) is 67.1 Å². The van der Waals surface area contributed by atoms with Crippen molar-refractivity contribution >= 4 is 130 Å². The van der Waals surface area contributed by atoms with Gasteiger partial charge in [-0.2, -0.15) is 0 Å². The Labute approximate surface area is 439 Å². The maximum absolute atomic E-state index is 4.14. The van der Waals surface area contributed by atoms with Gasteiger partial charge >= 0.3 is 379 Å². The SMILES string of the molecule is CC(C)[P+]([Se])(N[P+]([SeH])(C(C)C)C(C)C)C(C)C.CC(C)[P+]([Se])(N[P+]([SeH])(C(C)C)C(C)C)C(C)C.CC(C)[P+]([Se])(N[P+]([SeH])(C(C)C)C(C)C)C(C)C.[Ag].[Ag].[Ag]. The van der Waals surface area contributed by atoms with Crippen LogP contribution in [0.1, 0.15) is 166 Å². The van der Waals surface area contributed by atoms with E-state index in [1.807, 2.05) is 0 Å². The minimum Gasteiger partial charge on any atom is 0 e. The summed E-state index contributed by atoms with van der Waals surface area (Å²) in [5, 5.41) is 0. The van der Waals surface area contributed by atoms with Crippen molar-refractivity contribution in [1.29, 1.82) is 0 Å². The van der Waals surface area contributed by atoms with E-state index in [4.69, 9.17) is 0 Å². The molecule has 0 aliphatic carbocycles. The molecule has 0 aliphatic rings. The molecule has 0 unspecified atom stereocenters. The summed E-state index contributed by atoms with van der Waals surface area (Å²) in [6.45, 7) is 56.7. The van der Waals surface area contributed by atoms with Gasteiger partial charge in [-0.1, -0.05) is 0 Å². The largest absolute Gasteiger partial charge is 0 e. The van der Waals surface area contributed by atoms with Crippen LogP contribution in [0.25, 0.3) is 0 Å². The van der Waals surface area contributed by atoms with E-state index in [1.165, 1.54) is 0 Å². The Morgan fingerprint density at radius 3 is 0.407 bits per heavy atom. The van der Waals surface area contributed by atoms with Gasteiger partial charge in [-0.3, -0.25) is 0 Å². The van der Waals surface area contributed by atoms with Gasteiger partial charge in [0.05, 0.1) is 0 Å². The summed E-state index contributed by atoms with van der Waals surface area (Å²) in [6, 6.07) is 0. The second-order valence-electron chi connectivity index (χ2n) is 17.8. The van der Waals surface area contributed by atoms with Crippen LogP contribution >= 0.6 is 36.6 Å². The van der Waals surface area contributed by atoms with Crippen LogP contribution in [0.3, 0.4) is 0 Å². The van der Waals surface area contributed by atoms with Crippen LogP contribution in [0, 0.1) is 0 Å². The second kappa shape index (κ2) is 31.7. The third-order valence-corrected chi connectivity index (χ3v) is 79.6. The van der Waals surface area contributed by atoms with Crippen molar-refractivity contribution in [3.05, 3.63) is 0 Å². The number of rotatable bonds is 18. The molecule has 0 spiro atoms. The molecule has 0 aliphatic heterocycles. The molecule has 3 nitrogen and oxygen atoms in total. The molecular formula is C36H90Ag3N3P6Se6+6. The Balaban J connectivity index is -0.000000156. The molecule has 0 rings (SSSR count). The van der Waals surface area contributed by atoms with Gasteiger partial charge in [0.1, 0.15) is 0 Å². The van der Waals surface area contributed by atoms with Crippen molar-refractivity contribution in [1.82, 2.24) is 14.6 Å². The van der Waals surface area contributed by atoms with Crippen molar-refractivity contribution in [2.75, 3.05) is 0 Å². The van der Waals surface area contributed by atoms with Crippen molar-refractivity contribution in [2.24, 2.45) is 0 Å². The molecule has 0 aromatic heterocycles. The van der Waals surface area contributed by atoms with Gasteiger partial charge in [0.2, 0.25) is 0 Å².